The van der Waals surface area contributed by atoms with Gasteiger partial charge in [-0.15, -0.1) is 0 Å². The SMILES string of the molecule is CCCN1CCC(c2c(F)c(C)c(Cl)c(F)c2F)CC1. The van der Waals surface area contributed by atoms with Crippen molar-refractivity contribution in [2.24, 2.45) is 0 Å². The average Bonchev–Trinajstić information content (AvgIpc) is 2.45. The highest BCUT2D eigenvalue weighted by atomic mass is 35.5. The maximum atomic E-state index is 14.2. The topological polar surface area (TPSA) is 3.24 Å². The lowest BCUT2D eigenvalue weighted by Crippen LogP contribution is -2.34. The second-order valence-corrected chi connectivity index (χ2v) is 5.79. The molecule has 0 aromatic heterocycles. The van der Waals surface area contributed by atoms with Crippen molar-refractivity contribution in [1.82, 2.24) is 4.90 Å². The van der Waals surface area contributed by atoms with Crippen molar-refractivity contribution in [1.29, 1.82) is 0 Å². The molecule has 1 aromatic rings. The van der Waals surface area contributed by atoms with Crippen molar-refractivity contribution < 1.29 is 13.2 Å². The zero-order valence-corrected chi connectivity index (χ0v) is 12.5. The zero-order valence-electron chi connectivity index (χ0n) is 11.8. The number of piperidine rings is 1. The molecule has 5 heteroatoms. The number of likely N-dealkylation sites (tertiary alicyclic amines) is 1. The van der Waals surface area contributed by atoms with Crippen LogP contribution in [-0.4, -0.2) is 24.5 Å². The quantitative estimate of drug-likeness (QED) is 0.580. The van der Waals surface area contributed by atoms with Gasteiger partial charge in [0.15, 0.2) is 11.6 Å². The normalized spacial score (nSPS) is 17.7. The van der Waals surface area contributed by atoms with Gasteiger partial charge in [0.25, 0.3) is 0 Å². The monoisotopic (exact) mass is 305 g/mol. The van der Waals surface area contributed by atoms with E-state index in [1.165, 1.54) is 6.92 Å². The second kappa shape index (κ2) is 6.35. The molecule has 0 unspecified atom stereocenters. The minimum Gasteiger partial charge on any atom is -0.303 e. The summed E-state index contributed by atoms with van der Waals surface area (Å²) < 4.78 is 41.9. The highest BCUT2D eigenvalue weighted by Gasteiger charge is 2.29. The predicted molar refractivity (Wildman–Crippen MR) is 74.8 cm³/mol. The zero-order chi connectivity index (χ0) is 14.9. The largest absolute Gasteiger partial charge is 0.303 e. The van der Waals surface area contributed by atoms with E-state index in [2.05, 4.69) is 11.8 Å². The Balaban J connectivity index is 2.26. The third-order valence-corrected chi connectivity index (χ3v) is 4.50. The van der Waals surface area contributed by atoms with E-state index < -0.39 is 22.5 Å². The smallest absolute Gasteiger partial charge is 0.178 e. The number of halogens is 4. The van der Waals surface area contributed by atoms with E-state index in [4.69, 9.17) is 11.6 Å². The lowest BCUT2D eigenvalue weighted by molar-refractivity contribution is 0.208. The van der Waals surface area contributed by atoms with E-state index in [9.17, 15) is 13.2 Å². The van der Waals surface area contributed by atoms with E-state index >= 15 is 0 Å². The van der Waals surface area contributed by atoms with Crippen molar-refractivity contribution in [3.05, 3.63) is 33.6 Å². The summed E-state index contributed by atoms with van der Waals surface area (Å²) in [5, 5.41) is -0.452. The van der Waals surface area contributed by atoms with Gasteiger partial charge >= 0.3 is 0 Å². The molecule has 1 aliphatic rings. The maximum Gasteiger partial charge on any atom is 0.178 e. The van der Waals surface area contributed by atoms with E-state index in [0.29, 0.717) is 12.8 Å². The first kappa shape index (κ1) is 15.6. The molecule has 1 saturated heterocycles. The minimum atomic E-state index is -1.13. The van der Waals surface area contributed by atoms with Gasteiger partial charge in [-0.3, -0.25) is 0 Å². The molecule has 0 atom stereocenters. The van der Waals surface area contributed by atoms with Gasteiger partial charge in [0, 0.05) is 11.1 Å². The van der Waals surface area contributed by atoms with E-state index in [1.807, 2.05) is 0 Å². The van der Waals surface area contributed by atoms with Gasteiger partial charge in [0.1, 0.15) is 5.82 Å². The fourth-order valence-electron chi connectivity index (χ4n) is 2.89. The standard InChI is InChI=1S/C15H19ClF3N/c1-3-6-20-7-4-10(5-8-20)11-13(17)9(2)12(16)15(19)14(11)18/h10H,3-8H2,1-2H3. The molecule has 2 rings (SSSR count). The van der Waals surface area contributed by atoms with Crippen LogP contribution < -0.4 is 0 Å². The highest BCUT2D eigenvalue weighted by Crippen LogP contribution is 2.37. The highest BCUT2D eigenvalue weighted by molar-refractivity contribution is 6.31. The van der Waals surface area contributed by atoms with E-state index in [-0.39, 0.29) is 17.0 Å². The van der Waals surface area contributed by atoms with Crippen LogP contribution in [0.1, 0.15) is 43.2 Å². The van der Waals surface area contributed by atoms with Crippen LogP contribution in [0.25, 0.3) is 0 Å². The van der Waals surface area contributed by atoms with E-state index in [0.717, 1.165) is 26.1 Å². The minimum absolute atomic E-state index is 0.00319. The third-order valence-electron chi connectivity index (χ3n) is 4.05. The van der Waals surface area contributed by atoms with Gasteiger partial charge in [0.2, 0.25) is 0 Å². The molecular weight excluding hydrogens is 287 g/mol. The Bertz CT molecular complexity index is 467. The first-order valence-corrected chi connectivity index (χ1v) is 7.39. The number of hydrogen-bond acceptors (Lipinski definition) is 1. The Morgan fingerprint density at radius 1 is 1.10 bits per heavy atom. The summed E-state index contributed by atoms with van der Waals surface area (Å²) in [6.07, 6.45) is 2.35. The van der Waals surface area contributed by atoms with Crippen LogP contribution in [0.15, 0.2) is 0 Å². The van der Waals surface area contributed by atoms with Crippen LogP contribution in [0.5, 0.6) is 0 Å². The van der Waals surface area contributed by atoms with Gasteiger partial charge in [-0.05, 0) is 51.7 Å². The molecule has 0 amide bonds. The summed E-state index contributed by atoms with van der Waals surface area (Å²) in [5.41, 5.74) is -0.128. The summed E-state index contributed by atoms with van der Waals surface area (Å²) >= 11 is 5.60. The van der Waals surface area contributed by atoms with Gasteiger partial charge < -0.3 is 4.90 Å². The molecule has 1 aliphatic heterocycles. The maximum absolute atomic E-state index is 14.2. The molecule has 0 saturated carbocycles. The molecule has 20 heavy (non-hydrogen) atoms. The molecular formula is C15H19ClF3N. The van der Waals surface area contributed by atoms with Gasteiger partial charge in [-0.2, -0.15) is 0 Å². The molecule has 112 valence electrons. The van der Waals surface area contributed by atoms with Crippen LogP contribution in [0.3, 0.4) is 0 Å². The Hall–Kier alpha value is -0.740. The first-order chi connectivity index (χ1) is 9.47. The number of benzene rings is 1. The van der Waals surface area contributed by atoms with Crippen LogP contribution >= 0.6 is 11.6 Å². The Kier molecular flexibility index (Phi) is 4.97. The Morgan fingerprint density at radius 3 is 2.25 bits per heavy atom. The van der Waals surface area contributed by atoms with Crippen LogP contribution in [-0.2, 0) is 0 Å². The average molecular weight is 306 g/mol. The summed E-state index contributed by atoms with van der Waals surface area (Å²) in [7, 11) is 0. The van der Waals surface area contributed by atoms with Gasteiger partial charge in [-0.1, -0.05) is 18.5 Å². The van der Waals surface area contributed by atoms with Crippen LogP contribution in [0.4, 0.5) is 13.2 Å². The molecule has 0 aliphatic carbocycles. The molecule has 0 N–H and O–H groups in total. The van der Waals surface area contributed by atoms with Crippen molar-refractivity contribution >= 4 is 11.6 Å². The Morgan fingerprint density at radius 2 is 1.70 bits per heavy atom. The summed E-state index contributed by atoms with van der Waals surface area (Å²) in [4.78, 5) is 2.27. The van der Waals surface area contributed by atoms with Crippen LogP contribution in [0, 0.1) is 24.4 Å². The molecule has 0 bridgehead atoms. The molecule has 1 aromatic carbocycles. The third kappa shape index (κ3) is 2.82. The summed E-state index contributed by atoms with van der Waals surface area (Å²) in [6.45, 7) is 6.06. The molecule has 1 nitrogen and oxygen atoms in total. The van der Waals surface area contributed by atoms with Crippen molar-refractivity contribution in [2.45, 2.75) is 39.0 Å². The number of hydrogen-bond donors (Lipinski definition) is 0. The Labute approximate surface area is 122 Å². The van der Waals surface area contributed by atoms with Crippen molar-refractivity contribution in [3.8, 4) is 0 Å². The number of rotatable bonds is 3. The predicted octanol–water partition coefficient (Wildman–Crippen LogP) is 4.66. The number of nitrogens with zero attached hydrogens (tertiary/aromatic N) is 1. The van der Waals surface area contributed by atoms with Gasteiger partial charge in [0.05, 0.1) is 5.02 Å². The molecule has 1 heterocycles. The van der Waals surface area contributed by atoms with Gasteiger partial charge in [-0.25, -0.2) is 13.2 Å². The second-order valence-electron chi connectivity index (χ2n) is 5.41. The van der Waals surface area contributed by atoms with Crippen LogP contribution in [0.2, 0.25) is 5.02 Å². The lowest BCUT2D eigenvalue weighted by atomic mass is 9.87. The summed E-state index contributed by atoms with van der Waals surface area (Å²) in [5.74, 6) is -3.21. The van der Waals surface area contributed by atoms with Crippen molar-refractivity contribution in [3.63, 3.8) is 0 Å². The lowest BCUT2D eigenvalue weighted by Gasteiger charge is -2.32. The van der Waals surface area contributed by atoms with Crippen molar-refractivity contribution in [2.75, 3.05) is 19.6 Å². The fraction of sp³-hybridized carbons (Fsp3) is 0.600. The fourth-order valence-corrected chi connectivity index (χ4v) is 3.06. The molecule has 0 radical (unpaired) electrons. The molecule has 0 spiro atoms. The molecule has 1 fully saturated rings. The first-order valence-electron chi connectivity index (χ1n) is 7.02. The summed E-state index contributed by atoms with van der Waals surface area (Å²) in [6, 6.07) is 0. The van der Waals surface area contributed by atoms with E-state index in [1.54, 1.807) is 0 Å².